The van der Waals surface area contributed by atoms with Gasteiger partial charge < -0.3 is 9.67 Å². The predicted molar refractivity (Wildman–Crippen MR) is 90.8 cm³/mol. The summed E-state index contributed by atoms with van der Waals surface area (Å²) in [4.78, 5) is 12.0. The maximum absolute atomic E-state index is 12.0. The van der Waals surface area contributed by atoms with Crippen LogP contribution in [-0.2, 0) is 7.05 Å². The number of carbonyl (C=O) groups excluding carboxylic acids is 1. The number of para-hydroxylation sites is 2. The number of nitrogens with one attached hydrogen (secondary N) is 1. The number of phenols is 1. The van der Waals surface area contributed by atoms with Crippen LogP contribution in [0.5, 0.6) is 5.75 Å². The topological polar surface area (TPSA) is 66.6 Å². The zero-order valence-electron chi connectivity index (χ0n) is 12.9. The van der Waals surface area contributed by atoms with Gasteiger partial charge in [0.1, 0.15) is 5.75 Å². The van der Waals surface area contributed by atoms with Crippen LogP contribution in [0.2, 0.25) is 0 Å². The van der Waals surface area contributed by atoms with E-state index < -0.39 is 5.91 Å². The summed E-state index contributed by atoms with van der Waals surface area (Å²) in [7, 11) is 2.00. The Morgan fingerprint density at radius 1 is 1.17 bits per heavy atom. The molecule has 0 saturated carbocycles. The summed E-state index contributed by atoms with van der Waals surface area (Å²) in [6.45, 7) is 2.01. The summed E-state index contributed by atoms with van der Waals surface area (Å²) in [5, 5.41) is 14.8. The van der Waals surface area contributed by atoms with E-state index in [2.05, 4.69) is 15.1 Å². The van der Waals surface area contributed by atoms with E-state index in [-0.39, 0.29) is 11.3 Å². The number of rotatable bonds is 3. The molecule has 2 aromatic carbocycles. The maximum atomic E-state index is 12.0. The molecule has 23 heavy (non-hydrogen) atoms. The first-order chi connectivity index (χ1) is 11.1. The SMILES string of the molecule is Cc1c(C=NNC(=O)c2ccccc2O)c2ccccc2n1C. The molecule has 0 fully saturated rings. The second kappa shape index (κ2) is 5.96. The number of hydrazone groups is 1. The number of amides is 1. The van der Waals surface area contributed by atoms with Gasteiger partial charge in [-0.2, -0.15) is 5.10 Å². The number of phenolic OH excluding ortho intramolecular Hbond substituents is 1. The molecule has 0 aliphatic carbocycles. The van der Waals surface area contributed by atoms with E-state index in [0.717, 1.165) is 22.2 Å². The van der Waals surface area contributed by atoms with Crippen molar-refractivity contribution in [2.75, 3.05) is 0 Å². The van der Waals surface area contributed by atoms with E-state index in [1.54, 1.807) is 24.4 Å². The van der Waals surface area contributed by atoms with Gasteiger partial charge >= 0.3 is 0 Å². The zero-order valence-corrected chi connectivity index (χ0v) is 12.9. The van der Waals surface area contributed by atoms with E-state index in [1.165, 1.54) is 6.07 Å². The lowest BCUT2D eigenvalue weighted by atomic mass is 10.1. The average Bonchev–Trinajstić information content (AvgIpc) is 2.80. The van der Waals surface area contributed by atoms with Gasteiger partial charge in [0, 0.05) is 29.2 Å². The van der Waals surface area contributed by atoms with Crippen LogP contribution >= 0.6 is 0 Å². The van der Waals surface area contributed by atoms with Crippen LogP contribution in [0.25, 0.3) is 10.9 Å². The Labute approximate surface area is 133 Å². The summed E-state index contributed by atoms with van der Waals surface area (Å²) >= 11 is 0. The van der Waals surface area contributed by atoms with Gasteiger partial charge in [0.2, 0.25) is 0 Å². The van der Waals surface area contributed by atoms with Gasteiger partial charge in [0.25, 0.3) is 5.91 Å². The normalized spacial score (nSPS) is 11.2. The lowest BCUT2D eigenvalue weighted by Gasteiger charge is -2.02. The number of aromatic hydroxyl groups is 1. The number of aryl methyl sites for hydroxylation is 1. The Hall–Kier alpha value is -3.08. The second-order valence-corrected chi connectivity index (χ2v) is 5.29. The molecule has 0 aliphatic rings. The fraction of sp³-hybridized carbons (Fsp3) is 0.111. The van der Waals surface area contributed by atoms with Crippen molar-refractivity contribution in [3.63, 3.8) is 0 Å². The van der Waals surface area contributed by atoms with Gasteiger partial charge in [0.15, 0.2) is 0 Å². The highest BCUT2D eigenvalue weighted by molar-refractivity contribution is 6.02. The third-order valence-corrected chi connectivity index (χ3v) is 3.96. The van der Waals surface area contributed by atoms with Crippen LogP contribution in [0.15, 0.2) is 53.6 Å². The van der Waals surface area contributed by atoms with Crippen molar-refractivity contribution in [3.05, 3.63) is 65.4 Å². The molecule has 116 valence electrons. The van der Waals surface area contributed by atoms with Gasteiger partial charge in [0.05, 0.1) is 11.8 Å². The predicted octanol–water partition coefficient (Wildman–Crippen LogP) is 2.96. The summed E-state index contributed by atoms with van der Waals surface area (Å²) in [5.41, 5.74) is 5.77. The first-order valence-corrected chi connectivity index (χ1v) is 7.25. The largest absolute Gasteiger partial charge is 0.507 e. The van der Waals surface area contributed by atoms with Crippen LogP contribution in [0.4, 0.5) is 0 Å². The van der Waals surface area contributed by atoms with Crippen molar-refractivity contribution >= 4 is 23.0 Å². The molecule has 0 unspecified atom stereocenters. The Kier molecular flexibility index (Phi) is 3.85. The third kappa shape index (κ3) is 2.68. The molecule has 5 nitrogen and oxygen atoms in total. The highest BCUT2D eigenvalue weighted by Crippen LogP contribution is 2.23. The molecule has 1 amide bonds. The van der Waals surface area contributed by atoms with Gasteiger partial charge in [-0.1, -0.05) is 30.3 Å². The number of benzene rings is 2. The molecular formula is C18H17N3O2. The van der Waals surface area contributed by atoms with E-state index >= 15 is 0 Å². The molecule has 3 rings (SSSR count). The lowest BCUT2D eigenvalue weighted by Crippen LogP contribution is -2.17. The minimum atomic E-state index is -0.447. The molecule has 2 N–H and O–H groups in total. The van der Waals surface area contributed by atoms with E-state index in [0.29, 0.717) is 0 Å². The smallest absolute Gasteiger partial charge is 0.275 e. The minimum Gasteiger partial charge on any atom is -0.507 e. The highest BCUT2D eigenvalue weighted by atomic mass is 16.3. The first-order valence-electron chi connectivity index (χ1n) is 7.25. The van der Waals surface area contributed by atoms with Crippen molar-refractivity contribution in [1.82, 2.24) is 9.99 Å². The molecule has 0 atom stereocenters. The zero-order chi connectivity index (χ0) is 16.4. The number of fused-ring (bicyclic) bond motifs is 1. The number of hydrogen-bond donors (Lipinski definition) is 2. The third-order valence-electron chi connectivity index (χ3n) is 3.96. The van der Waals surface area contributed by atoms with Gasteiger partial charge in [-0.15, -0.1) is 0 Å². The monoisotopic (exact) mass is 307 g/mol. The maximum Gasteiger partial charge on any atom is 0.275 e. The fourth-order valence-electron chi connectivity index (χ4n) is 2.59. The van der Waals surface area contributed by atoms with Crippen molar-refractivity contribution < 1.29 is 9.90 Å². The Balaban J connectivity index is 1.86. The van der Waals surface area contributed by atoms with Crippen LogP contribution in [-0.4, -0.2) is 21.8 Å². The van der Waals surface area contributed by atoms with Crippen LogP contribution in [0.3, 0.4) is 0 Å². The van der Waals surface area contributed by atoms with Crippen LogP contribution < -0.4 is 5.43 Å². The quantitative estimate of drug-likeness (QED) is 0.577. The van der Waals surface area contributed by atoms with Crippen molar-refractivity contribution in [2.45, 2.75) is 6.92 Å². The van der Waals surface area contributed by atoms with Crippen molar-refractivity contribution in [2.24, 2.45) is 12.1 Å². The molecule has 5 heteroatoms. The second-order valence-electron chi connectivity index (χ2n) is 5.29. The summed E-state index contributed by atoms with van der Waals surface area (Å²) < 4.78 is 2.08. The van der Waals surface area contributed by atoms with Crippen molar-refractivity contribution in [1.29, 1.82) is 0 Å². The standard InChI is InChI=1S/C18H17N3O2/c1-12-15(13-7-3-5-9-16(13)21(12)2)11-19-20-18(23)14-8-4-6-10-17(14)22/h3-11,22H,1-2H3,(H,20,23). The van der Waals surface area contributed by atoms with E-state index in [1.807, 2.05) is 38.2 Å². The molecular weight excluding hydrogens is 290 g/mol. The average molecular weight is 307 g/mol. The Bertz CT molecular complexity index is 910. The fourth-order valence-corrected chi connectivity index (χ4v) is 2.59. The minimum absolute atomic E-state index is 0.0680. The van der Waals surface area contributed by atoms with Gasteiger partial charge in [-0.3, -0.25) is 4.79 Å². The number of aromatic nitrogens is 1. The van der Waals surface area contributed by atoms with Gasteiger partial charge in [-0.05, 0) is 25.1 Å². The molecule has 1 heterocycles. The van der Waals surface area contributed by atoms with Crippen molar-refractivity contribution in [3.8, 4) is 5.75 Å². The Morgan fingerprint density at radius 3 is 2.65 bits per heavy atom. The summed E-state index contributed by atoms with van der Waals surface area (Å²) in [6.07, 6.45) is 1.63. The van der Waals surface area contributed by atoms with E-state index in [4.69, 9.17) is 0 Å². The number of carbonyl (C=O) groups is 1. The molecule has 0 bridgehead atoms. The molecule has 3 aromatic rings. The van der Waals surface area contributed by atoms with E-state index in [9.17, 15) is 9.90 Å². The summed E-state index contributed by atoms with van der Waals surface area (Å²) in [6, 6.07) is 14.4. The van der Waals surface area contributed by atoms with Crippen LogP contribution in [0, 0.1) is 6.92 Å². The van der Waals surface area contributed by atoms with Gasteiger partial charge in [-0.25, -0.2) is 5.43 Å². The lowest BCUT2D eigenvalue weighted by molar-refractivity contribution is 0.0952. The number of hydrogen-bond acceptors (Lipinski definition) is 3. The summed E-state index contributed by atoms with van der Waals surface area (Å²) in [5.74, 6) is -0.515. The van der Waals surface area contributed by atoms with Crippen LogP contribution in [0.1, 0.15) is 21.6 Å². The first kappa shape index (κ1) is 14.8. The highest BCUT2D eigenvalue weighted by Gasteiger charge is 2.11. The number of nitrogens with zero attached hydrogens (tertiary/aromatic N) is 2. The molecule has 1 aromatic heterocycles. The molecule has 0 aliphatic heterocycles. The molecule has 0 radical (unpaired) electrons. The Morgan fingerprint density at radius 2 is 1.87 bits per heavy atom. The molecule has 0 spiro atoms. The molecule has 0 saturated heterocycles.